The van der Waals surface area contributed by atoms with E-state index in [4.69, 9.17) is 4.74 Å². The van der Waals surface area contributed by atoms with E-state index in [1.165, 1.54) is 5.56 Å². The molecular formula is C19H23N3O3S2. The first kappa shape index (κ1) is 19.8. The first-order valence-corrected chi connectivity index (χ1v) is 10.8. The van der Waals surface area contributed by atoms with Gasteiger partial charge in [-0.15, -0.1) is 23.5 Å². The van der Waals surface area contributed by atoms with Crippen molar-refractivity contribution in [2.24, 2.45) is 7.05 Å². The molecule has 2 aromatic rings. The minimum Gasteiger partial charge on any atom is -0.449 e. The summed E-state index contributed by atoms with van der Waals surface area (Å²) in [7, 11) is 1.81. The average Bonchev–Trinajstić information content (AvgIpc) is 3.26. The van der Waals surface area contributed by atoms with Gasteiger partial charge in [-0.2, -0.15) is 5.10 Å². The Kier molecular flexibility index (Phi) is 6.16. The van der Waals surface area contributed by atoms with Crippen LogP contribution in [0.5, 0.6) is 0 Å². The molecule has 0 radical (unpaired) electrons. The smallest absolute Gasteiger partial charge is 0.338 e. The lowest BCUT2D eigenvalue weighted by atomic mass is 10.1. The molecule has 1 atom stereocenters. The van der Waals surface area contributed by atoms with Crippen LogP contribution >= 0.6 is 23.5 Å². The Labute approximate surface area is 167 Å². The Balaban J connectivity index is 1.60. The highest BCUT2D eigenvalue weighted by atomic mass is 32.2. The van der Waals surface area contributed by atoms with Gasteiger partial charge in [0.2, 0.25) is 0 Å². The Morgan fingerprint density at radius 1 is 1.22 bits per heavy atom. The first-order valence-electron chi connectivity index (χ1n) is 8.72. The molecule has 0 bridgehead atoms. The number of esters is 1. The zero-order chi connectivity index (χ0) is 19.6. The molecule has 1 saturated heterocycles. The van der Waals surface area contributed by atoms with Crippen LogP contribution in [-0.4, -0.2) is 39.3 Å². The number of rotatable bonds is 5. The van der Waals surface area contributed by atoms with Gasteiger partial charge >= 0.3 is 5.97 Å². The summed E-state index contributed by atoms with van der Waals surface area (Å²) < 4.78 is 7.47. The van der Waals surface area contributed by atoms with Gasteiger partial charge in [0.15, 0.2) is 6.10 Å². The van der Waals surface area contributed by atoms with Crippen molar-refractivity contribution in [1.82, 2.24) is 9.78 Å². The van der Waals surface area contributed by atoms with Gasteiger partial charge in [-0.25, -0.2) is 4.79 Å². The molecule has 1 N–H and O–H groups in total. The first-order chi connectivity index (χ1) is 12.9. The maximum atomic E-state index is 12.4. The van der Waals surface area contributed by atoms with E-state index in [0.717, 1.165) is 22.9 Å². The SMILES string of the molecule is Cc1nn(C)c(C)c1NC(=O)[C@H](C)OC(=O)c1ccc(C2SCCS2)cc1. The molecule has 0 unspecified atom stereocenters. The van der Waals surface area contributed by atoms with Crippen LogP contribution in [0.25, 0.3) is 0 Å². The van der Waals surface area contributed by atoms with E-state index >= 15 is 0 Å². The summed E-state index contributed by atoms with van der Waals surface area (Å²) in [4.78, 5) is 24.7. The van der Waals surface area contributed by atoms with Crippen molar-refractivity contribution in [2.45, 2.75) is 31.5 Å². The third-order valence-electron chi connectivity index (χ3n) is 4.45. The zero-order valence-electron chi connectivity index (χ0n) is 15.8. The second-order valence-electron chi connectivity index (χ2n) is 6.40. The van der Waals surface area contributed by atoms with Crippen LogP contribution < -0.4 is 5.32 Å². The number of hydrogen-bond donors (Lipinski definition) is 1. The quantitative estimate of drug-likeness (QED) is 0.765. The summed E-state index contributed by atoms with van der Waals surface area (Å²) in [5, 5.41) is 7.06. The van der Waals surface area contributed by atoms with Crippen molar-refractivity contribution in [1.29, 1.82) is 0 Å². The van der Waals surface area contributed by atoms with Gasteiger partial charge in [0.1, 0.15) is 0 Å². The third kappa shape index (κ3) is 4.50. The highest BCUT2D eigenvalue weighted by Crippen LogP contribution is 2.45. The topological polar surface area (TPSA) is 73.2 Å². The molecule has 1 aliphatic heterocycles. The number of nitrogens with zero attached hydrogens (tertiary/aromatic N) is 2. The molecule has 1 amide bonds. The van der Waals surface area contributed by atoms with E-state index in [1.54, 1.807) is 23.7 Å². The van der Waals surface area contributed by atoms with E-state index in [9.17, 15) is 9.59 Å². The number of amides is 1. The lowest BCUT2D eigenvalue weighted by Crippen LogP contribution is -2.30. The number of hydrogen-bond acceptors (Lipinski definition) is 6. The van der Waals surface area contributed by atoms with Crippen LogP contribution in [0.15, 0.2) is 24.3 Å². The van der Waals surface area contributed by atoms with Crippen LogP contribution in [-0.2, 0) is 16.6 Å². The molecule has 27 heavy (non-hydrogen) atoms. The van der Waals surface area contributed by atoms with E-state index in [1.807, 2.05) is 56.6 Å². The van der Waals surface area contributed by atoms with Crippen molar-refractivity contribution in [3.05, 3.63) is 46.8 Å². The normalized spacial score (nSPS) is 15.6. The minimum absolute atomic E-state index is 0.377. The zero-order valence-corrected chi connectivity index (χ0v) is 17.4. The van der Waals surface area contributed by atoms with Crippen molar-refractivity contribution in [2.75, 3.05) is 16.8 Å². The van der Waals surface area contributed by atoms with Crippen molar-refractivity contribution < 1.29 is 14.3 Å². The molecule has 1 fully saturated rings. The van der Waals surface area contributed by atoms with Gasteiger partial charge in [0.25, 0.3) is 5.91 Å². The van der Waals surface area contributed by atoms with Crippen LogP contribution in [0, 0.1) is 13.8 Å². The van der Waals surface area contributed by atoms with Crippen LogP contribution in [0.4, 0.5) is 5.69 Å². The summed E-state index contributed by atoms with van der Waals surface area (Å²) in [5.41, 5.74) is 3.87. The van der Waals surface area contributed by atoms with Gasteiger partial charge in [0.05, 0.1) is 27.2 Å². The van der Waals surface area contributed by atoms with Crippen molar-refractivity contribution in [3.8, 4) is 0 Å². The molecule has 144 valence electrons. The predicted molar refractivity (Wildman–Crippen MR) is 110 cm³/mol. The van der Waals surface area contributed by atoms with Gasteiger partial charge in [-0.3, -0.25) is 9.48 Å². The third-order valence-corrected chi connectivity index (χ3v) is 7.55. The number of benzene rings is 1. The molecule has 1 aromatic heterocycles. The van der Waals surface area contributed by atoms with E-state index in [0.29, 0.717) is 15.8 Å². The molecular weight excluding hydrogens is 382 g/mol. The molecule has 8 heteroatoms. The van der Waals surface area contributed by atoms with Crippen LogP contribution in [0.1, 0.15) is 38.8 Å². The molecule has 1 aliphatic rings. The van der Waals surface area contributed by atoms with Gasteiger partial charge in [-0.1, -0.05) is 12.1 Å². The number of aromatic nitrogens is 2. The maximum absolute atomic E-state index is 12.4. The molecule has 0 aliphatic carbocycles. The number of aryl methyl sites for hydroxylation is 2. The van der Waals surface area contributed by atoms with Crippen molar-refractivity contribution >= 4 is 41.1 Å². The van der Waals surface area contributed by atoms with Crippen LogP contribution in [0.2, 0.25) is 0 Å². The summed E-state index contributed by atoms with van der Waals surface area (Å²) >= 11 is 3.83. The Morgan fingerprint density at radius 3 is 2.41 bits per heavy atom. The lowest BCUT2D eigenvalue weighted by molar-refractivity contribution is -0.123. The average molecular weight is 406 g/mol. The van der Waals surface area contributed by atoms with Gasteiger partial charge in [0, 0.05) is 18.6 Å². The molecule has 3 rings (SSSR count). The van der Waals surface area contributed by atoms with E-state index in [2.05, 4.69) is 10.4 Å². The van der Waals surface area contributed by atoms with Gasteiger partial charge in [-0.05, 0) is 38.5 Å². The summed E-state index contributed by atoms with van der Waals surface area (Å²) in [6.07, 6.45) is -0.905. The maximum Gasteiger partial charge on any atom is 0.338 e. The fraction of sp³-hybridized carbons (Fsp3) is 0.421. The van der Waals surface area contributed by atoms with Gasteiger partial charge < -0.3 is 10.1 Å². The predicted octanol–water partition coefficient (Wildman–Crippen LogP) is 3.70. The summed E-state index contributed by atoms with van der Waals surface area (Å²) in [5.74, 6) is 1.43. The highest BCUT2D eigenvalue weighted by Gasteiger charge is 2.22. The molecule has 0 saturated carbocycles. The second-order valence-corrected chi connectivity index (χ2v) is 9.13. The standard InChI is InChI=1S/C19H23N3O3S2/c1-11-16(12(2)22(4)21-11)20-17(23)13(3)25-18(24)14-5-7-15(8-6-14)19-26-9-10-27-19/h5-8,13,19H,9-10H2,1-4H3,(H,20,23)/t13-/m0/s1. The summed E-state index contributed by atoms with van der Waals surface area (Å²) in [6.45, 7) is 5.25. The molecule has 1 aromatic carbocycles. The van der Waals surface area contributed by atoms with E-state index < -0.39 is 12.1 Å². The number of thioether (sulfide) groups is 2. The largest absolute Gasteiger partial charge is 0.449 e. The fourth-order valence-electron chi connectivity index (χ4n) is 2.79. The second kappa shape index (κ2) is 8.39. The Hall–Kier alpha value is -1.93. The number of anilines is 1. The van der Waals surface area contributed by atoms with Crippen molar-refractivity contribution in [3.63, 3.8) is 0 Å². The monoisotopic (exact) mass is 405 g/mol. The molecule has 6 nitrogen and oxygen atoms in total. The number of carbonyl (C=O) groups is 2. The number of carbonyl (C=O) groups excluding carboxylic acids is 2. The minimum atomic E-state index is -0.905. The lowest BCUT2D eigenvalue weighted by Gasteiger charge is -2.14. The number of ether oxygens (including phenoxy) is 1. The highest BCUT2D eigenvalue weighted by molar-refractivity contribution is 8.19. The summed E-state index contributed by atoms with van der Waals surface area (Å²) in [6, 6.07) is 7.44. The Bertz CT molecular complexity index is 843. The molecule has 0 spiro atoms. The van der Waals surface area contributed by atoms with E-state index in [-0.39, 0.29) is 5.91 Å². The molecule has 2 heterocycles. The Morgan fingerprint density at radius 2 is 1.85 bits per heavy atom. The van der Waals surface area contributed by atoms with Crippen LogP contribution in [0.3, 0.4) is 0 Å². The fourth-order valence-corrected chi connectivity index (χ4v) is 5.65. The number of nitrogens with one attached hydrogen (secondary N) is 1.